The molecule has 0 fully saturated rings. The molecule has 1 aliphatic rings. The fourth-order valence-electron chi connectivity index (χ4n) is 2.92. The van der Waals surface area contributed by atoms with Crippen molar-refractivity contribution >= 4 is 11.6 Å². The van der Waals surface area contributed by atoms with Crippen molar-refractivity contribution in [1.29, 1.82) is 0 Å². The summed E-state index contributed by atoms with van der Waals surface area (Å²) in [4.78, 5) is 12.0. The fourth-order valence-corrected chi connectivity index (χ4v) is 2.92. The number of allylic oxidation sites excluding steroid dienone is 1. The Labute approximate surface area is 134 Å². The standard InChI is InChI=1S/C19H28N2O/c1-15-7-6-8-16(2)19(15)21-18(22)12-14-20-13-11-17-9-4-3-5-10-17/h6-9,20H,3-5,10-14H2,1-2H3,(H,21,22). The summed E-state index contributed by atoms with van der Waals surface area (Å²) in [7, 11) is 0. The van der Waals surface area contributed by atoms with E-state index in [1.54, 1.807) is 5.57 Å². The Hall–Kier alpha value is -1.61. The maximum absolute atomic E-state index is 12.0. The summed E-state index contributed by atoms with van der Waals surface area (Å²) in [6.45, 7) is 5.77. The number of amides is 1. The van der Waals surface area contributed by atoms with Crippen molar-refractivity contribution in [1.82, 2.24) is 5.32 Å². The summed E-state index contributed by atoms with van der Waals surface area (Å²) in [5.41, 5.74) is 4.77. The van der Waals surface area contributed by atoms with Gasteiger partial charge < -0.3 is 10.6 Å². The molecule has 3 nitrogen and oxygen atoms in total. The predicted molar refractivity (Wildman–Crippen MR) is 93.2 cm³/mol. The highest BCUT2D eigenvalue weighted by molar-refractivity contribution is 5.92. The molecule has 1 aromatic rings. The Bertz CT molecular complexity index is 514. The second-order valence-electron chi connectivity index (χ2n) is 6.17. The number of nitrogens with one attached hydrogen (secondary N) is 2. The number of hydrogen-bond acceptors (Lipinski definition) is 2. The molecule has 1 aliphatic carbocycles. The lowest BCUT2D eigenvalue weighted by atomic mass is 9.97. The number of benzene rings is 1. The molecule has 0 bridgehead atoms. The van der Waals surface area contributed by atoms with Crippen LogP contribution in [0, 0.1) is 13.8 Å². The number of carbonyl (C=O) groups is 1. The second kappa shape index (κ2) is 8.74. The monoisotopic (exact) mass is 300 g/mol. The quantitative estimate of drug-likeness (QED) is 0.587. The molecule has 0 aromatic heterocycles. The minimum absolute atomic E-state index is 0.0850. The molecule has 1 aromatic carbocycles. The van der Waals surface area contributed by atoms with Crippen LogP contribution in [0.15, 0.2) is 29.8 Å². The summed E-state index contributed by atoms with van der Waals surface area (Å²) < 4.78 is 0. The van der Waals surface area contributed by atoms with E-state index in [-0.39, 0.29) is 5.91 Å². The van der Waals surface area contributed by atoms with Crippen molar-refractivity contribution in [2.24, 2.45) is 0 Å². The van der Waals surface area contributed by atoms with Gasteiger partial charge in [0, 0.05) is 18.7 Å². The first-order valence-electron chi connectivity index (χ1n) is 8.41. The van der Waals surface area contributed by atoms with Crippen molar-refractivity contribution in [2.45, 2.75) is 52.4 Å². The Balaban J connectivity index is 1.64. The number of aryl methyl sites for hydroxylation is 2. The van der Waals surface area contributed by atoms with Gasteiger partial charge in [-0.3, -0.25) is 4.79 Å². The van der Waals surface area contributed by atoms with Crippen molar-refractivity contribution < 1.29 is 4.79 Å². The zero-order valence-electron chi connectivity index (χ0n) is 13.9. The molecule has 3 heteroatoms. The molecule has 0 unspecified atom stereocenters. The molecule has 0 spiro atoms. The van der Waals surface area contributed by atoms with Gasteiger partial charge in [-0.05, 0) is 63.6 Å². The topological polar surface area (TPSA) is 41.1 Å². The first-order chi connectivity index (χ1) is 10.7. The number of anilines is 1. The molecule has 2 N–H and O–H groups in total. The smallest absolute Gasteiger partial charge is 0.225 e. The first kappa shape index (κ1) is 16.8. The van der Waals surface area contributed by atoms with E-state index >= 15 is 0 Å². The van der Waals surface area contributed by atoms with Crippen LogP contribution in [-0.2, 0) is 4.79 Å². The number of para-hydroxylation sites is 1. The highest BCUT2D eigenvalue weighted by Crippen LogP contribution is 2.20. The lowest BCUT2D eigenvalue weighted by molar-refractivity contribution is -0.116. The van der Waals surface area contributed by atoms with E-state index in [0.717, 1.165) is 36.3 Å². The summed E-state index contributed by atoms with van der Waals surface area (Å²) in [5.74, 6) is 0.0850. The molecule has 0 saturated carbocycles. The largest absolute Gasteiger partial charge is 0.326 e. The van der Waals surface area contributed by atoms with Gasteiger partial charge in [-0.15, -0.1) is 0 Å². The SMILES string of the molecule is Cc1cccc(C)c1NC(=O)CCNCCC1=CCCCC1. The lowest BCUT2D eigenvalue weighted by Crippen LogP contribution is -2.23. The van der Waals surface area contributed by atoms with Gasteiger partial charge in [-0.25, -0.2) is 0 Å². The Morgan fingerprint density at radius 2 is 1.91 bits per heavy atom. The van der Waals surface area contributed by atoms with E-state index in [4.69, 9.17) is 0 Å². The van der Waals surface area contributed by atoms with E-state index in [9.17, 15) is 4.79 Å². The molecule has 0 saturated heterocycles. The normalized spacial score (nSPS) is 14.5. The van der Waals surface area contributed by atoms with Crippen LogP contribution >= 0.6 is 0 Å². The average molecular weight is 300 g/mol. The minimum Gasteiger partial charge on any atom is -0.326 e. The lowest BCUT2D eigenvalue weighted by Gasteiger charge is -2.13. The van der Waals surface area contributed by atoms with Crippen molar-refractivity contribution in [2.75, 3.05) is 18.4 Å². The van der Waals surface area contributed by atoms with Gasteiger partial charge in [-0.2, -0.15) is 0 Å². The van der Waals surface area contributed by atoms with E-state index in [2.05, 4.69) is 16.7 Å². The van der Waals surface area contributed by atoms with Gasteiger partial charge in [-0.1, -0.05) is 29.8 Å². The second-order valence-corrected chi connectivity index (χ2v) is 6.17. The molecule has 22 heavy (non-hydrogen) atoms. The maximum Gasteiger partial charge on any atom is 0.225 e. The highest BCUT2D eigenvalue weighted by atomic mass is 16.1. The highest BCUT2D eigenvalue weighted by Gasteiger charge is 2.07. The minimum atomic E-state index is 0.0850. The Morgan fingerprint density at radius 1 is 1.14 bits per heavy atom. The summed E-state index contributed by atoms with van der Waals surface area (Å²) in [5, 5.41) is 6.41. The third-order valence-corrected chi connectivity index (χ3v) is 4.28. The van der Waals surface area contributed by atoms with Crippen molar-refractivity contribution in [3.63, 3.8) is 0 Å². The molecule has 0 heterocycles. The van der Waals surface area contributed by atoms with E-state index in [1.165, 1.54) is 25.7 Å². The van der Waals surface area contributed by atoms with Gasteiger partial charge in [0.05, 0.1) is 0 Å². The van der Waals surface area contributed by atoms with Gasteiger partial charge in [0.15, 0.2) is 0 Å². The number of hydrogen-bond donors (Lipinski definition) is 2. The van der Waals surface area contributed by atoms with Gasteiger partial charge in [0.1, 0.15) is 0 Å². The van der Waals surface area contributed by atoms with Crippen LogP contribution in [-0.4, -0.2) is 19.0 Å². The molecule has 1 amide bonds. The molecule has 0 aliphatic heterocycles. The average Bonchev–Trinajstić information content (AvgIpc) is 2.52. The summed E-state index contributed by atoms with van der Waals surface area (Å²) in [6.07, 6.45) is 9.21. The van der Waals surface area contributed by atoms with Crippen LogP contribution in [0.1, 0.15) is 49.7 Å². The van der Waals surface area contributed by atoms with Gasteiger partial charge in [0.25, 0.3) is 0 Å². The maximum atomic E-state index is 12.0. The van der Waals surface area contributed by atoms with E-state index in [1.807, 2.05) is 32.0 Å². The van der Waals surface area contributed by atoms with Gasteiger partial charge in [0.2, 0.25) is 5.91 Å². The van der Waals surface area contributed by atoms with Crippen LogP contribution in [0.5, 0.6) is 0 Å². The van der Waals surface area contributed by atoms with Crippen LogP contribution in [0.2, 0.25) is 0 Å². The molecule has 120 valence electrons. The van der Waals surface area contributed by atoms with Crippen molar-refractivity contribution in [3.05, 3.63) is 41.0 Å². The zero-order valence-corrected chi connectivity index (χ0v) is 13.9. The molecule has 0 atom stereocenters. The predicted octanol–water partition coefficient (Wildman–Crippen LogP) is 4.11. The van der Waals surface area contributed by atoms with E-state index < -0.39 is 0 Å². The third-order valence-electron chi connectivity index (χ3n) is 4.28. The van der Waals surface area contributed by atoms with Crippen LogP contribution < -0.4 is 10.6 Å². The Kier molecular flexibility index (Phi) is 6.66. The molecule has 0 radical (unpaired) electrons. The Morgan fingerprint density at radius 3 is 2.59 bits per heavy atom. The molecule has 2 rings (SSSR count). The van der Waals surface area contributed by atoms with Crippen LogP contribution in [0.4, 0.5) is 5.69 Å². The molecular weight excluding hydrogens is 272 g/mol. The fraction of sp³-hybridized carbons (Fsp3) is 0.526. The van der Waals surface area contributed by atoms with E-state index in [0.29, 0.717) is 6.42 Å². The zero-order chi connectivity index (χ0) is 15.8. The van der Waals surface area contributed by atoms with Crippen molar-refractivity contribution in [3.8, 4) is 0 Å². The summed E-state index contributed by atoms with van der Waals surface area (Å²) in [6, 6.07) is 6.07. The summed E-state index contributed by atoms with van der Waals surface area (Å²) >= 11 is 0. The third kappa shape index (κ3) is 5.30. The number of rotatable bonds is 7. The van der Waals surface area contributed by atoms with Crippen LogP contribution in [0.25, 0.3) is 0 Å². The molecular formula is C19H28N2O. The van der Waals surface area contributed by atoms with Crippen LogP contribution in [0.3, 0.4) is 0 Å². The number of carbonyl (C=O) groups excluding carboxylic acids is 1. The first-order valence-corrected chi connectivity index (χ1v) is 8.41. The van der Waals surface area contributed by atoms with Gasteiger partial charge >= 0.3 is 0 Å².